The Morgan fingerprint density at radius 3 is 0.764 bits per heavy atom. The van der Waals surface area contributed by atoms with Gasteiger partial charge in [-0.2, -0.15) is 0 Å². The lowest BCUT2D eigenvalue weighted by Crippen LogP contribution is -2.44. The van der Waals surface area contributed by atoms with Gasteiger partial charge in [0.15, 0.2) is 46.0 Å². The molecule has 16 heteroatoms. The third kappa shape index (κ3) is 12.7. The molecule has 8 rings (SSSR count). The minimum Gasteiger partial charge on any atom is -0.493 e. The molecule has 6 unspecified atom stereocenters. The maximum atomic E-state index is 5.94. The number of fused-ring (bicyclic) bond motifs is 4. The maximum absolute atomic E-state index is 5.94. The topological polar surface area (TPSA) is 122 Å². The molecule has 0 bridgehead atoms. The first kappa shape index (κ1) is 60.8. The van der Waals surface area contributed by atoms with Crippen molar-refractivity contribution in [2.75, 3.05) is 83.1 Å². The van der Waals surface area contributed by atoms with E-state index in [0.29, 0.717) is 11.8 Å². The van der Waals surface area contributed by atoms with Gasteiger partial charge in [0.2, 0.25) is 0 Å². The molecule has 0 saturated heterocycles. The quantitative estimate of drug-likeness (QED) is 0.0636. The molecule has 0 spiro atoms. The van der Waals surface area contributed by atoms with E-state index in [-0.39, 0.29) is 85.6 Å². The van der Waals surface area contributed by atoms with Crippen LogP contribution in [0.5, 0.6) is 46.0 Å². The fourth-order valence-electron chi connectivity index (χ4n) is 12.3. The Morgan fingerprint density at radius 1 is 0.361 bits per heavy atom. The minimum absolute atomic E-state index is 0. The predicted octanol–water partition coefficient (Wildman–Crippen LogP) is 11.1. The van der Waals surface area contributed by atoms with Crippen LogP contribution in [0, 0.1) is 23.7 Å². The van der Waals surface area contributed by atoms with E-state index in [4.69, 9.17) is 37.9 Å². The zero-order valence-corrected chi connectivity index (χ0v) is 47.3. The van der Waals surface area contributed by atoms with Crippen LogP contribution in [0.1, 0.15) is 121 Å². The summed E-state index contributed by atoms with van der Waals surface area (Å²) in [5.41, 5.74) is 10.5. The monoisotopic (exact) mass is 1080 g/mol. The first-order valence-corrected chi connectivity index (χ1v) is 25.2. The summed E-state index contributed by atoms with van der Waals surface area (Å²) in [7, 11) is 13.9. The van der Waals surface area contributed by atoms with Gasteiger partial charge in [0.05, 0.1) is 56.9 Å². The largest absolute Gasteiger partial charge is 0.493 e. The molecule has 12 nitrogen and oxygen atoms in total. The van der Waals surface area contributed by atoms with Crippen LogP contribution in [0.25, 0.3) is 0 Å². The lowest BCUT2D eigenvalue weighted by atomic mass is 9.71. The van der Waals surface area contributed by atoms with Crippen molar-refractivity contribution in [2.45, 2.75) is 102 Å². The summed E-state index contributed by atoms with van der Waals surface area (Å²) in [6.45, 7) is 8.40. The van der Waals surface area contributed by atoms with Crippen LogP contribution in [-0.2, 0) is 25.7 Å². The van der Waals surface area contributed by atoms with Crippen molar-refractivity contribution in [3.8, 4) is 46.0 Å². The van der Waals surface area contributed by atoms with Gasteiger partial charge in [-0.25, -0.2) is 0 Å². The summed E-state index contributed by atoms with van der Waals surface area (Å²) in [4.78, 5) is 0. The molecule has 402 valence electrons. The molecular weight excluding hydrogens is 998 g/mol. The van der Waals surface area contributed by atoms with Crippen LogP contribution in [0.3, 0.4) is 0 Å². The Labute approximate surface area is 454 Å². The standard InChI is InChI=1S/C56H78N4O8.4ClH/c1-11-33(23-43(53-39-29-49(65-7)45(61-3)25-35(39)15-19-57-53)54-40-30-50(66-8)46(62-4)26-36(40)16-20-58-54)13-14-34(12-2)24-44(55-41-31-51(67-9)47(63-5)27-37(41)17-21-59-55)56-42-32-52(68-10)48(64-6)28-38(42)18-22-60-56;;;;/h25-34,43-44,53-60H,11-24H2,1-10H3;4*1H. The van der Waals surface area contributed by atoms with Gasteiger partial charge in [-0.05, 0) is 181 Å². The fraction of sp³-hybridized carbons (Fsp3) is 0.571. The van der Waals surface area contributed by atoms with E-state index < -0.39 is 0 Å². The first-order chi connectivity index (χ1) is 33.2. The Balaban J connectivity index is 0.00000281. The van der Waals surface area contributed by atoms with Crippen LogP contribution < -0.4 is 59.2 Å². The molecule has 4 heterocycles. The van der Waals surface area contributed by atoms with E-state index in [1.807, 2.05) is 0 Å². The highest BCUT2D eigenvalue weighted by Gasteiger charge is 2.41. The summed E-state index contributed by atoms with van der Waals surface area (Å²) in [6, 6.07) is 18.2. The maximum Gasteiger partial charge on any atom is 0.161 e. The highest BCUT2D eigenvalue weighted by molar-refractivity contribution is 5.86. The van der Waals surface area contributed by atoms with E-state index in [9.17, 15) is 0 Å². The molecular formula is C56H82Cl4N4O8. The Morgan fingerprint density at radius 2 is 0.569 bits per heavy atom. The van der Waals surface area contributed by atoms with Crippen molar-refractivity contribution in [1.29, 1.82) is 0 Å². The van der Waals surface area contributed by atoms with Crippen molar-refractivity contribution in [3.63, 3.8) is 0 Å². The highest BCUT2D eigenvalue weighted by Crippen LogP contribution is 2.50. The molecule has 4 N–H and O–H groups in total. The van der Waals surface area contributed by atoms with Crippen LogP contribution in [0.15, 0.2) is 48.5 Å². The average molecular weight is 1080 g/mol. The number of halogens is 4. The molecule has 0 fully saturated rings. The number of benzene rings is 4. The van der Waals surface area contributed by atoms with Crippen LogP contribution in [0.2, 0.25) is 0 Å². The molecule has 4 aliphatic heterocycles. The van der Waals surface area contributed by atoms with Gasteiger partial charge in [-0.3, -0.25) is 0 Å². The van der Waals surface area contributed by atoms with Crippen molar-refractivity contribution in [1.82, 2.24) is 21.3 Å². The average Bonchev–Trinajstić information content (AvgIpc) is 3.39. The molecule has 4 aliphatic rings. The van der Waals surface area contributed by atoms with Gasteiger partial charge in [-0.1, -0.05) is 39.5 Å². The molecule has 0 radical (unpaired) electrons. The van der Waals surface area contributed by atoms with E-state index in [1.54, 1.807) is 56.9 Å². The highest BCUT2D eigenvalue weighted by atomic mass is 35.5. The molecule has 4 aromatic carbocycles. The fourth-order valence-corrected chi connectivity index (χ4v) is 12.3. The summed E-state index contributed by atoms with van der Waals surface area (Å²) >= 11 is 0. The predicted molar refractivity (Wildman–Crippen MR) is 298 cm³/mol. The van der Waals surface area contributed by atoms with Gasteiger partial charge in [-0.15, -0.1) is 49.6 Å². The summed E-state index contributed by atoms with van der Waals surface area (Å²) in [6.07, 6.45) is 10.4. The Hall–Kier alpha value is -3.72. The van der Waals surface area contributed by atoms with E-state index >= 15 is 0 Å². The Bertz CT molecular complexity index is 2050. The lowest BCUT2D eigenvalue weighted by Gasteiger charge is -2.43. The van der Waals surface area contributed by atoms with Gasteiger partial charge >= 0.3 is 0 Å². The molecule has 0 amide bonds. The molecule has 0 aromatic heterocycles. The van der Waals surface area contributed by atoms with Crippen molar-refractivity contribution < 1.29 is 37.9 Å². The first-order valence-electron chi connectivity index (χ1n) is 25.2. The summed E-state index contributed by atoms with van der Waals surface area (Å²) < 4.78 is 47.0. The summed E-state index contributed by atoms with van der Waals surface area (Å²) in [5, 5.41) is 16.2. The number of hydrogen-bond donors (Lipinski definition) is 4. The third-order valence-electron chi connectivity index (χ3n) is 16.0. The molecule has 6 atom stereocenters. The zero-order chi connectivity index (χ0) is 47.9. The Kier molecular flexibility index (Phi) is 23.9. The van der Waals surface area contributed by atoms with Crippen LogP contribution in [0.4, 0.5) is 0 Å². The normalized spacial score (nSPS) is 20.2. The number of hydrogen-bond acceptors (Lipinski definition) is 12. The number of ether oxygens (including phenoxy) is 8. The molecule has 0 aliphatic carbocycles. The van der Waals surface area contributed by atoms with Crippen molar-refractivity contribution >= 4 is 49.6 Å². The number of rotatable bonds is 21. The van der Waals surface area contributed by atoms with Gasteiger partial charge in [0, 0.05) is 24.2 Å². The number of methoxy groups -OCH3 is 8. The second kappa shape index (κ2) is 28.3. The lowest BCUT2D eigenvalue weighted by molar-refractivity contribution is 0.181. The SMILES string of the molecule is CCC(CCC(CC)CC(C1NCCc2cc(OC)c(OC)cc21)C1NCCc2cc(OC)c(OC)cc21)CC(C1NCCc2cc(OC)c(OC)cc21)C1NCCc2cc(OC)c(OC)cc21.Cl.Cl.Cl.Cl. The smallest absolute Gasteiger partial charge is 0.161 e. The van der Waals surface area contributed by atoms with Gasteiger partial charge in [0.1, 0.15) is 0 Å². The van der Waals surface area contributed by atoms with E-state index in [1.165, 1.54) is 44.5 Å². The van der Waals surface area contributed by atoms with E-state index in [0.717, 1.165) is 136 Å². The van der Waals surface area contributed by atoms with Crippen molar-refractivity contribution in [3.05, 3.63) is 93.0 Å². The second-order valence-electron chi connectivity index (χ2n) is 19.3. The number of nitrogens with one attached hydrogen (secondary N) is 4. The third-order valence-corrected chi connectivity index (χ3v) is 16.0. The van der Waals surface area contributed by atoms with Crippen LogP contribution >= 0.6 is 49.6 Å². The van der Waals surface area contributed by atoms with Gasteiger partial charge in [0.25, 0.3) is 0 Å². The second-order valence-corrected chi connectivity index (χ2v) is 19.3. The van der Waals surface area contributed by atoms with Crippen LogP contribution in [-0.4, -0.2) is 83.1 Å². The van der Waals surface area contributed by atoms with Gasteiger partial charge < -0.3 is 59.2 Å². The zero-order valence-electron chi connectivity index (χ0n) is 44.0. The summed E-state index contributed by atoms with van der Waals surface area (Å²) in [5.74, 6) is 7.72. The minimum atomic E-state index is 0. The van der Waals surface area contributed by atoms with Crippen molar-refractivity contribution in [2.24, 2.45) is 23.7 Å². The molecule has 72 heavy (non-hydrogen) atoms. The van der Waals surface area contributed by atoms with E-state index in [2.05, 4.69) is 83.6 Å². The molecule has 0 saturated carbocycles. The molecule has 4 aromatic rings.